The number of hydrogen-bond donors (Lipinski definition) is 0. The third kappa shape index (κ3) is 6.85. The van der Waals surface area contributed by atoms with E-state index in [0.29, 0.717) is 11.6 Å². The van der Waals surface area contributed by atoms with Crippen molar-refractivity contribution in [1.82, 2.24) is 19.9 Å². The van der Waals surface area contributed by atoms with E-state index in [1.165, 1.54) is 54.2 Å². The highest BCUT2D eigenvalue weighted by molar-refractivity contribution is 6.10. The third-order valence-corrected chi connectivity index (χ3v) is 14.0. The molecule has 4 nitrogen and oxygen atoms in total. The molecule has 0 saturated carbocycles. The predicted octanol–water partition coefficient (Wildman–Crippen LogP) is 17.3. The van der Waals surface area contributed by atoms with Crippen LogP contribution in [0.3, 0.4) is 0 Å². The zero-order valence-electron chi connectivity index (χ0n) is 37.9. The van der Waals surface area contributed by atoms with E-state index in [0.717, 1.165) is 77.3 Å². The lowest BCUT2D eigenvalue weighted by Gasteiger charge is -2.12. The summed E-state index contributed by atoms with van der Waals surface area (Å²) in [5.74, 6) is 1.39. The van der Waals surface area contributed by atoms with Crippen molar-refractivity contribution in [3.05, 3.63) is 243 Å². The van der Waals surface area contributed by atoms with Gasteiger partial charge in [-0.1, -0.05) is 206 Å². The summed E-state index contributed by atoms with van der Waals surface area (Å²) in [6, 6.07) is 86.6. The van der Waals surface area contributed by atoms with Crippen LogP contribution in [-0.4, -0.2) is 19.9 Å². The van der Waals surface area contributed by atoms with E-state index >= 15 is 0 Å². The summed E-state index contributed by atoms with van der Waals surface area (Å²) in [4.78, 5) is 20.7. The van der Waals surface area contributed by atoms with Gasteiger partial charge in [0.2, 0.25) is 0 Å². The van der Waals surface area contributed by atoms with E-state index < -0.39 is 0 Å². The second-order valence-corrected chi connectivity index (χ2v) is 18.2. The molecule has 324 valence electrons. The number of hydrogen-bond acceptors (Lipinski definition) is 4. The van der Waals surface area contributed by atoms with Gasteiger partial charge in [-0.15, -0.1) is 0 Å². The molecule has 14 aromatic rings. The van der Waals surface area contributed by atoms with Crippen LogP contribution in [0.1, 0.15) is 0 Å². The minimum absolute atomic E-state index is 0.692. The molecule has 0 aliphatic carbocycles. The highest BCUT2D eigenvalue weighted by Gasteiger charge is 2.16. The Kier molecular flexibility index (Phi) is 9.17. The number of nitrogens with zero attached hydrogens (tertiary/aromatic N) is 4. The molecule has 2 aromatic heterocycles. The maximum Gasteiger partial charge on any atom is 0.160 e. The molecule has 0 bridgehead atoms. The summed E-state index contributed by atoms with van der Waals surface area (Å²) in [5, 5.41) is 14.3. The van der Waals surface area contributed by atoms with Crippen molar-refractivity contribution in [2.45, 2.75) is 0 Å². The SMILES string of the molecule is c1ccc2c(c1)ccc1cc(-c3ccc(-c4nc(-c5ccc6cc(-c7nc(-c8ccc(-c9ccc%10c(ccc%11ccccc%11%10)c9)cc8)c8ccccc8n7)ccc6c5)c5ccccc5n4)cc3)ccc12. The first-order chi connectivity index (χ1) is 34.6. The van der Waals surface area contributed by atoms with E-state index in [9.17, 15) is 0 Å². The van der Waals surface area contributed by atoms with Crippen molar-refractivity contribution in [3.63, 3.8) is 0 Å². The Bertz CT molecular complexity index is 4400. The molecule has 0 spiro atoms. The van der Waals surface area contributed by atoms with Gasteiger partial charge in [-0.3, -0.25) is 0 Å². The van der Waals surface area contributed by atoms with Gasteiger partial charge in [0.1, 0.15) is 0 Å². The molecule has 0 radical (unpaired) electrons. The Labute approximate surface area is 403 Å². The van der Waals surface area contributed by atoms with Gasteiger partial charge >= 0.3 is 0 Å². The average molecular weight is 889 g/mol. The molecule has 0 aliphatic heterocycles. The van der Waals surface area contributed by atoms with E-state index in [2.05, 4.69) is 231 Å². The van der Waals surface area contributed by atoms with Crippen molar-refractivity contribution in [3.8, 4) is 67.5 Å². The molecule has 0 atom stereocenters. The number of para-hydroxylation sites is 2. The van der Waals surface area contributed by atoms with Gasteiger partial charge in [-0.2, -0.15) is 0 Å². The largest absolute Gasteiger partial charge is 0.228 e. The first-order valence-electron chi connectivity index (χ1n) is 23.8. The molecule has 0 unspecified atom stereocenters. The number of aromatic nitrogens is 4. The minimum Gasteiger partial charge on any atom is -0.228 e. The van der Waals surface area contributed by atoms with E-state index in [1.54, 1.807) is 0 Å². The lowest BCUT2D eigenvalue weighted by atomic mass is 9.96. The van der Waals surface area contributed by atoms with Crippen LogP contribution in [0.5, 0.6) is 0 Å². The smallest absolute Gasteiger partial charge is 0.160 e. The molecule has 0 N–H and O–H groups in total. The Morgan fingerprint density at radius 1 is 0.186 bits per heavy atom. The number of rotatable bonds is 6. The number of benzene rings is 12. The van der Waals surface area contributed by atoms with Crippen LogP contribution in [0, 0.1) is 0 Å². The predicted molar refractivity (Wildman–Crippen MR) is 293 cm³/mol. The minimum atomic E-state index is 0.692. The summed E-state index contributed by atoms with van der Waals surface area (Å²) in [7, 11) is 0. The summed E-state index contributed by atoms with van der Waals surface area (Å²) >= 11 is 0. The van der Waals surface area contributed by atoms with Crippen molar-refractivity contribution in [2.75, 3.05) is 0 Å². The molecule has 14 rings (SSSR count). The molecule has 0 aliphatic rings. The monoisotopic (exact) mass is 888 g/mol. The fourth-order valence-corrected chi connectivity index (χ4v) is 10.4. The van der Waals surface area contributed by atoms with Crippen LogP contribution >= 0.6 is 0 Å². The molecule has 2 heterocycles. The molecule has 0 amide bonds. The standard InChI is InChI=1S/C66H40N4/c1-3-11-55-43(9-1)21-29-51-37-47(33-35-57(51)55)41-17-23-45(24-18-41)63-59-13-5-7-15-61(59)68-66(69-63)54-32-28-49-39-53(31-27-50(49)40-54)64-60-14-6-8-16-62(60)67-65(70-64)46-25-19-42(20-26-46)48-34-36-58-52(38-48)30-22-44-10-2-4-12-56(44)58/h1-40H. The molecule has 4 heteroatoms. The quantitative estimate of drug-likeness (QED) is 0.156. The maximum atomic E-state index is 5.27. The van der Waals surface area contributed by atoms with Crippen LogP contribution in [0.15, 0.2) is 243 Å². The normalized spacial score (nSPS) is 11.7. The molecule has 12 aromatic carbocycles. The highest BCUT2D eigenvalue weighted by atomic mass is 14.9. The van der Waals surface area contributed by atoms with Crippen LogP contribution in [0.4, 0.5) is 0 Å². The van der Waals surface area contributed by atoms with Crippen molar-refractivity contribution >= 4 is 75.7 Å². The molecule has 70 heavy (non-hydrogen) atoms. The van der Waals surface area contributed by atoms with E-state index in [-0.39, 0.29) is 0 Å². The van der Waals surface area contributed by atoms with Crippen molar-refractivity contribution < 1.29 is 0 Å². The second-order valence-electron chi connectivity index (χ2n) is 18.2. The third-order valence-electron chi connectivity index (χ3n) is 14.0. The summed E-state index contributed by atoms with van der Waals surface area (Å²) < 4.78 is 0. The Hall–Kier alpha value is -9.38. The van der Waals surface area contributed by atoms with E-state index in [4.69, 9.17) is 19.9 Å². The van der Waals surface area contributed by atoms with Crippen LogP contribution in [-0.2, 0) is 0 Å². The van der Waals surface area contributed by atoms with E-state index in [1.807, 2.05) is 12.1 Å². The topological polar surface area (TPSA) is 51.6 Å². The Balaban J connectivity index is 0.775. The Morgan fingerprint density at radius 2 is 0.529 bits per heavy atom. The zero-order valence-corrected chi connectivity index (χ0v) is 37.9. The van der Waals surface area contributed by atoms with Gasteiger partial charge in [0, 0.05) is 33.0 Å². The van der Waals surface area contributed by atoms with Gasteiger partial charge in [-0.05, 0) is 113 Å². The van der Waals surface area contributed by atoms with Crippen LogP contribution < -0.4 is 0 Å². The summed E-state index contributed by atoms with van der Waals surface area (Å²) in [6.45, 7) is 0. The van der Waals surface area contributed by atoms with Gasteiger partial charge in [0.15, 0.2) is 11.6 Å². The molecular formula is C66H40N4. The molecular weight excluding hydrogens is 849 g/mol. The maximum absolute atomic E-state index is 5.27. The van der Waals surface area contributed by atoms with Gasteiger partial charge in [0.05, 0.1) is 22.4 Å². The van der Waals surface area contributed by atoms with Gasteiger partial charge in [0.25, 0.3) is 0 Å². The first-order valence-corrected chi connectivity index (χ1v) is 23.8. The lowest BCUT2D eigenvalue weighted by Crippen LogP contribution is -1.96. The summed E-state index contributed by atoms with van der Waals surface area (Å²) in [6.07, 6.45) is 0. The van der Waals surface area contributed by atoms with Crippen LogP contribution in [0.25, 0.3) is 143 Å². The van der Waals surface area contributed by atoms with Crippen molar-refractivity contribution in [1.29, 1.82) is 0 Å². The molecule has 0 saturated heterocycles. The molecule has 0 fully saturated rings. The Morgan fingerprint density at radius 3 is 1.09 bits per heavy atom. The lowest BCUT2D eigenvalue weighted by molar-refractivity contribution is 1.23. The average Bonchev–Trinajstić information content (AvgIpc) is 3.44. The first kappa shape index (κ1) is 39.8. The van der Waals surface area contributed by atoms with Gasteiger partial charge < -0.3 is 0 Å². The summed E-state index contributed by atoms with van der Waals surface area (Å²) in [5.41, 5.74) is 12.3. The number of fused-ring (bicyclic) bond motifs is 9. The second kappa shape index (κ2) is 16.2. The van der Waals surface area contributed by atoms with Crippen molar-refractivity contribution in [2.24, 2.45) is 0 Å². The fraction of sp³-hybridized carbons (Fsp3) is 0. The van der Waals surface area contributed by atoms with Crippen LogP contribution in [0.2, 0.25) is 0 Å². The zero-order chi connectivity index (χ0) is 46.1. The van der Waals surface area contributed by atoms with Gasteiger partial charge in [-0.25, -0.2) is 19.9 Å². The highest BCUT2D eigenvalue weighted by Crippen LogP contribution is 2.37. The fourth-order valence-electron chi connectivity index (χ4n) is 10.4.